The molecule has 0 spiro atoms. The number of nitrogens with zero attached hydrogens (tertiary/aromatic N) is 4. The van der Waals surface area contributed by atoms with Gasteiger partial charge in [-0.05, 0) is 25.7 Å². The van der Waals surface area contributed by atoms with Crippen LogP contribution in [0.3, 0.4) is 0 Å². The summed E-state index contributed by atoms with van der Waals surface area (Å²) in [6, 6.07) is 3.82. The highest BCUT2D eigenvalue weighted by Crippen LogP contribution is 2.12. The second kappa shape index (κ2) is 7.75. The van der Waals surface area contributed by atoms with Crippen molar-refractivity contribution in [1.82, 2.24) is 19.9 Å². The molecule has 0 aromatic carbocycles. The van der Waals surface area contributed by atoms with Crippen molar-refractivity contribution in [2.75, 3.05) is 32.6 Å². The van der Waals surface area contributed by atoms with Crippen molar-refractivity contribution in [3.05, 3.63) is 41.4 Å². The van der Waals surface area contributed by atoms with E-state index in [0.29, 0.717) is 30.0 Å². The first kappa shape index (κ1) is 15.5. The van der Waals surface area contributed by atoms with E-state index in [0.717, 1.165) is 12.1 Å². The zero-order chi connectivity index (χ0) is 15.1. The number of halogens is 1. The van der Waals surface area contributed by atoms with Crippen molar-refractivity contribution in [2.24, 2.45) is 0 Å². The van der Waals surface area contributed by atoms with Crippen molar-refractivity contribution >= 4 is 17.4 Å². The summed E-state index contributed by atoms with van der Waals surface area (Å²) in [5, 5.41) is 3.52. The Balaban J connectivity index is 1.88. The molecule has 0 saturated carbocycles. The Labute approximate surface area is 129 Å². The number of aromatic nitrogens is 3. The van der Waals surface area contributed by atoms with Gasteiger partial charge in [-0.1, -0.05) is 11.6 Å². The monoisotopic (exact) mass is 307 g/mol. The molecule has 0 bridgehead atoms. The first-order valence-electron chi connectivity index (χ1n) is 6.57. The number of ether oxygens (including phenoxy) is 1. The summed E-state index contributed by atoms with van der Waals surface area (Å²) in [4.78, 5) is 14.3. The van der Waals surface area contributed by atoms with Crippen LogP contribution in [0.5, 0.6) is 5.88 Å². The van der Waals surface area contributed by atoms with Gasteiger partial charge in [0.2, 0.25) is 5.88 Å². The highest BCUT2D eigenvalue weighted by atomic mass is 35.5. The van der Waals surface area contributed by atoms with Crippen LogP contribution < -0.4 is 10.1 Å². The quantitative estimate of drug-likeness (QED) is 0.845. The molecule has 112 valence electrons. The van der Waals surface area contributed by atoms with Gasteiger partial charge in [-0.3, -0.25) is 4.98 Å². The zero-order valence-corrected chi connectivity index (χ0v) is 12.8. The minimum absolute atomic E-state index is 0.363. The molecule has 0 aliphatic heterocycles. The van der Waals surface area contributed by atoms with Gasteiger partial charge in [-0.25, -0.2) is 9.97 Å². The maximum atomic E-state index is 5.79. The van der Waals surface area contributed by atoms with Gasteiger partial charge in [-0.2, -0.15) is 0 Å². The SMILES string of the molecule is CN(C)CCOc1cc(CNc2cncc(Cl)n2)ccn1. The van der Waals surface area contributed by atoms with Gasteiger partial charge in [-0.15, -0.1) is 0 Å². The molecule has 7 heteroatoms. The Morgan fingerprint density at radius 3 is 2.95 bits per heavy atom. The molecule has 21 heavy (non-hydrogen) atoms. The molecule has 0 unspecified atom stereocenters. The molecule has 0 saturated heterocycles. The molecule has 1 N–H and O–H groups in total. The molecule has 2 rings (SSSR count). The van der Waals surface area contributed by atoms with E-state index in [1.807, 2.05) is 26.2 Å². The molecule has 2 aromatic heterocycles. The summed E-state index contributed by atoms with van der Waals surface area (Å²) < 4.78 is 5.60. The van der Waals surface area contributed by atoms with E-state index in [9.17, 15) is 0 Å². The minimum Gasteiger partial charge on any atom is -0.476 e. The number of likely N-dealkylation sites (N-methyl/N-ethyl adjacent to an activating group) is 1. The molecule has 0 radical (unpaired) electrons. The van der Waals surface area contributed by atoms with Gasteiger partial charge in [0, 0.05) is 25.4 Å². The molecule has 0 amide bonds. The van der Waals surface area contributed by atoms with Gasteiger partial charge >= 0.3 is 0 Å². The Kier molecular flexibility index (Phi) is 5.71. The number of hydrogen-bond acceptors (Lipinski definition) is 6. The predicted molar refractivity (Wildman–Crippen MR) is 82.7 cm³/mol. The van der Waals surface area contributed by atoms with E-state index in [4.69, 9.17) is 16.3 Å². The summed E-state index contributed by atoms with van der Waals surface area (Å²) in [6.07, 6.45) is 4.85. The van der Waals surface area contributed by atoms with Crippen molar-refractivity contribution in [1.29, 1.82) is 0 Å². The second-order valence-electron chi connectivity index (χ2n) is 4.73. The van der Waals surface area contributed by atoms with Crippen LogP contribution in [-0.2, 0) is 6.54 Å². The lowest BCUT2D eigenvalue weighted by Crippen LogP contribution is -2.19. The highest BCUT2D eigenvalue weighted by molar-refractivity contribution is 6.29. The third kappa shape index (κ3) is 5.53. The third-order valence-corrected chi connectivity index (χ3v) is 2.85. The minimum atomic E-state index is 0.363. The fourth-order valence-electron chi connectivity index (χ4n) is 1.59. The Hall–Kier alpha value is -1.92. The van der Waals surface area contributed by atoms with Crippen molar-refractivity contribution in [3.63, 3.8) is 0 Å². The van der Waals surface area contributed by atoms with E-state index in [2.05, 4.69) is 25.2 Å². The van der Waals surface area contributed by atoms with Crippen LogP contribution in [0.15, 0.2) is 30.7 Å². The Bertz CT molecular complexity index is 579. The number of pyridine rings is 1. The predicted octanol–water partition coefficient (Wildman–Crippen LogP) is 2.08. The molecule has 0 fully saturated rings. The average Bonchev–Trinajstić information content (AvgIpc) is 2.45. The fourth-order valence-corrected chi connectivity index (χ4v) is 1.74. The molecule has 0 aliphatic rings. The van der Waals surface area contributed by atoms with Gasteiger partial charge in [0.15, 0.2) is 0 Å². The van der Waals surface area contributed by atoms with Crippen molar-refractivity contribution in [3.8, 4) is 5.88 Å². The molecular formula is C14H18ClN5O. The zero-order valence-electron chi connectivity index (χ0n) is 12.1. The topological polar surface area (TPSA) is 63.2 Å². The lowest BCUT2D eigenvalue weighted by molar-refractivity contribution is 0.253. The van der Waals surface area contributed by atoms with E-state index in [-0.39, 0.29) is 0 Å². The number of anilines is 1. The van der Waals surface area contributed by atoms with Crippen LogP contribution in [0.4, 0.5) is 5.82 Å². The van der Waals surface area contributed by atoms with E-state index >= 15 is 0 Å². The van der Waals surface area contributed by atoms with Crippen LogP contribution in [0.1, 0.15) is 5.56 Å². The largest absolute Gasteiger partial charge is 0.476 e. The van der Waals surface area contributed by atoms with Crippen LogP contribution in [0.2, 0.25) is 5.15 Å². The molecule has 0 atom stereocenters. The van der Waals surface area contributed by atoms with Gasteiger partial charge < -0.3 is 15.0 Å². The summed E-state index contributed by atoms with van der Waals surface area (Å²) in [6.45, 7) is 2.06. The lowest BCUT2D eigenvalue weighted by atomic mass is 10.2. The summed E-state index contributed by atoms with van der Waals surface area (Å²) in [7, 11) is 4.01. The van der Waals surface area contributed by atoms with Gasteiger partial charge in [0.1, 0.15) is 17.6 Å². The highest BCUT2D eigenvalue weighted by Gasteiger charge is 2.01. The Morgan fingerprint density at radius 1 is 1.33 bits per heavy atom. The maximum absolute atomic E-state index is 5.79. The van der Waals surface area contributed by atoms with Crippen LogP contribution in [0.25, 0.3) is 0 Å². The average molecular weight is 308 g/mol. The summed E-state index contributed by atoms with van der Waals surface area (Å²) in [5.74, 6) is 1.25. The number of hydrogen-bond donors (Lipinski definition) is 1. The van der Waals surface area contributed by atoms with Crippen LogP contribution in [0, 0.1) is 0 Å². The smallest absolute Gasteiger partial charge is 0.213 e. The van der Waals surface area contributed by atoms with Gasteiger partial charge in [0.05, 0.1) is 12.4 Å². The number of nitrogens with one attached hydrogen (secondary N) is 1. The summed E-state index contributed by atoms with van der Waals surface area (Å²) >= 11 is 5.79. The maximum Gasteiger partial charge on any atom is 0.213 e. The standard InChI is InChI=1S/C14H18ClN5O/c1-20(2)5-6-21-14-7-11(3-4-17-14)8-18-13-10-16-9-12(15)19-13/h3-4,7,9-10H,5-6,8H2,1-2H3,(H,18,19). The molecule has 2 aromatic rings. The van der Waals surface area contributed by atoms with Crippen molar-refractivity contribution < 1.29 is 4.74 Å². The molecular weight excluding hydrogens is 290 g/mol. The van der Waals surface area contributed by atoms with Crippen LogP contribution >= 0.6 is 11.6 Å². The van der Waals surface area contributed by atoms with E-state index in [1.165, 1.54) is 6.20 Å². The number of rotatable bonds is 7. The Morgan fingerprint density at radius 2 is 2.19 bits per heavy atom. The van der Waals surface area contributed by atoms with Crippen LogP contribution in [-0.4, -0.2) is 47.1 Å². The molecule has 2 heterocycles. The first-order chi connectivity index (χ1) is 10.1. The summed E-state index contributed by atoms with van der Waals surface area (Å²) in [5.41, 5.74) is 1.05. The fraction of sp³-hybridized carbons (Fsp3) is 0.357. The normalized spacial score (nSPS) is 10.7. The first-order valence-corrected chi connectivity index (χ1v) is 6.95. The third-order valence-electron chi connectivity index (χ3n) is 2.67. The van der Waals surface area contributed by atoms with Crippen molar-refractivity contribution in [2.45, 2.75) is 6.54 Å². The van der Waals surface area contributed by atoms with E-state index < -0.39 is 0 Å². The van der Waals surface area contributed by atoms with E-state index in [1.54, 1.807) is 12.4 Å². The lowest BCUT2D eigenvalue weighted by Gasteiger charge is -2.11. The molecule has 6 nitrogen and oxygen atoms in total. The van der Waals surface area contributed by atoms with Gasteiger partial charge in [0.25, 0.3) is 0 Å². The molecule has 0 aliphatic carbocycles. The second-order valence-corrected chi connectivity index (χ2v) is 5.12.